The van der Waals surface area contributed by atoms with Crippen LogP contribution in [0, 0.1) is 17.8 Å². The summed E-state index contributed by atoms with van der Waals surface area (Å²) >= 11 is 0. The zero-order valence-corrected chi connectivity index (χ0v) is 17.9. The second-order valence-electron chi connectivity index (χ2n) is 8.13. The van der Waals surface area contributed by atoms with E-state index in [1.54, 1.807) is 46.8 Å². The number of ether oxygens (including phenoxy) is 1. The molecule has 1 aliphatic carbocycles. The Hall–Kier alpha value is -2.79. The standard InChI is InChI=1S/C21H31N3O5/c1-13(2)17(24-20(28)29-21(4,5)6)19(27)22-14(3)18(26)23-16-9-7-8-15(12-25)10-11-16/h10-11,13-14,17,25H,8,12H2,1-6H3,(H,22,27)(H,23,26)(H,24,28)/t14?,17-/m0/s1. The molecule has 8 nitrogen and oxygen atoms in total. The predicted molar refractivity (Wildman–Crippen MR) is 109 cm³/mol. The van der Waals surface area contributed by atoms with Gasteiger partial charge in [0.05, 0.1) is 12.3 Å². The molecule has 0 aromatic heterocycles. The average molecular weight is 405 g/mol. The lowest BCUT2D eigenvalue weighted by molar-refractivity contribution is -0.129. The Morgan fingerprint density at radius 3 is 2.34 bits per heavy atom. The van der Waals surface area contributed by atoms with Crippen molar-refractivity contribution < 1.29 is 24.2 Å². The van der Waals surface area contributed by atoms with Crippen LogP contribution < -0.4 is 16.0 Å². The van der Waals surface area contributed by atoms with Gasteiger partial charge in [-0.15, -0.1) is 0 Å². The van der Waals surface area contributed by atoms with Crippen molar-refractivity contribution >= 4 is 17.9 Å². The lowest BCUT2D eigenvalue weighted by atomic mass is 10.0. The highest BCUT2D eigenvalue weighted by Gasteiger charge is 2.29. The fourth-order valence-corrected chi connectivity index (χ4v) is 2.32. The number of alkyl carbamates (subject to hydrolysis) is 1. The molecular weight excluding hydrogens is 374 g/mol. The lowest BCUT2D eigenvalue weighted by Crippen LogP contribution is -2.55. The molecule has 160 valence electrons. The van der Waals surface area contributed by atoms with Gasteiger partial charge in [0, 0.05) is 6.42 Å². The molecule has 0 heterocycles. The summed E-state index contributed by atoms with van der Waals surface area (Å²) in [7, 11) is 0. The van der Waals surface area contributed by atoms with Crippen LogP contribution >= 0.6 is 0 Å². The van der Waals surface area contributed by atoms with E-state index in [-0.39, 0.29) is 12.5 Å². The quantitative estimate of drug-likeness (QED) is 0.477. The highest BCUT2D eigenvalue weighted by atomic mass is 16.6. The van der Waals surface area contributed by atoms with Crippen LogP contribution in [0.1, 0.15) is 48.0 Å². The van der Waals surface area contributed by atoms with Crippen LogP contribution in [0.3, 0.4) is 0 Å². The van der Waals surface area contributed by atoms with Crippen LogP contribution in [0.15, 0.2) is 23.4 Å². The minimum Gasteiger partial charge on any atom is -0.444 e. The number of rotatable bonds is 7. The van der Waals surface area contributed by atoms with E-state index in [0.29, 0.717) is 12.1 Å². The maximum absolute atomic E-state index is 12.6. The van der Waals surface area contributed by atoms with E-state index < -0.39 is 35.6 Å². The molecule has 1 unspecified atom stereocenters. The van der Waals surface area contributed by atoms with Gasteiger partial charge in [0.15, 0.2) is 0 Å². The molecule has 2 atom stereocenters. The second-order valence-corrected chi connectivity index (χ2v) is 8.13. The van der Waals surface area contributed by atoms with Crippen molar-refractivity contribution in [2.75, 3.05) is 6.61 Å². The molecule has 0 saturated carbocycles. The van der Waals surface area contributed by atoms with Gasteiger partial charge in [0.2, 0.25) is 11.8 Å². The largest absolute Gasteiger partial charge is 0.444 e. The van der Waals surface area contributed by atoms with Gasteiger partial charge >= 0.3 is 6.09 Å². The molecule has 1 rings (SSSR count). The Morgan fingerprint density at radius 1 is 1.14 bits per heavy atom. The molecule has 0 bridgehead atoms. The maximum Gasteiger partial charge on any atom is 0.408 e. The highest BCUT2D eigenvalue weighted by Crippen LogP contribution is 2.09. The number of nitrogens with one attached hydrogen (secondary N) is 3. The van der Waals surface area contributed by atoms with Gasteiger partial charge in [-0.05, 0) is 51.2 Å². The molecule has 0 aliphatic heterocycles. The molecule has 1 aliphatic rings. The number of carbonyl (C=O) groups excluding carboxylic acids is 3. The maximum atomic E-state index is 12.6. The molecule has 0 saturated heterocycles. The van der Waals surface area contributed by atoms with E-state index in [0.717, 1.165) is 5.57 Å². The van der Waals surface area contributed by atoms with Crippen molar-refractivity contribution in [1.29, 1.82) is 0 Å². The van der Waals surface area contributed by atoms with Gasteiger partial charge in [-0.3, -0.25) is 9.59 Å². The summed E-state index contributed by atoms with van der Waals surface area (Å²) in [5, 5.41) is 16.9. The minimum absolute atomic E-state index is 0.0971. The molecular formula is C21H31N3O5. The third kappa shape index (κ3) is 8.83. The van der Waals surface area contributed by atoms with Crippen molar-refractivity contribution in [3.63, 3.8) is 0 Å². The third-order valence-corrected chi connectivity index (χ3v) is 3.86. The van der Waals surface area contributed by atoms with Crippen LogP contribution in [0.25, 0.3) is 0 Å². The smallest absolute Gasteiger partial charge is 0.408 e. The van der Waals surface area contributed by atoms with Crippen LogP contribution in [0.4, 0.5) is 4.79 Å². The van der Waals surface area contributed by atoms with Gasteiger partial charge in [-0.1, -0.05) is 25.8 Å². The van der Waals surface area contributed by atoms with Crippen molar-refractivity contribution in [3.8, 4) is 11.8 Å². The highest BCUT2D eigenvalue weighted by molar-refractivity contribution is 5.92. The number of aliphatic hydroxyl groups excluding tert-OH is 1. The van der Waals surface area contributed by atoms with E-state index in [4.69, 9.17) is 9.84 Å². The summed E-state index contributed by atoms with van der Waals surface area (Å²) in [4.78, 5) is 37.0. The molecule has 4 N–H and O–H groups in total. The minimum atomic E-state index is -0.855. The molecule has 3 amide bonds. The zero-order valence-electron chi connectivity index (χ0n) is 17.9. The van der Waals surface area contributed by atoms with Crippen molar-refractivity contribution in [3.05, 3.63) is 23.4 Å². The summed E-state index contributed by atoms with van der Waals surface area (Å²) in [6.07, 6.45) is 3.02. The van der Waals surface area contributed by atoms with Gasteiger partial charge in [0.25, 0.3) is 0 Å². The first kappa shape index (κ1) is 24.2. The van der Waals surface area contributed by atoms with Gasteiger partial charge in [-0.25, -0.2) is 4.79 Å². The second kappa shape index (κ2) is 10.7. The van der Waals surface area contributed by atoms with E-state index in [1.165, 1.54) is 6.92 Å². The molecule has 8 heteroatoms. The number of carbonyl (C=O) groups is 3. The summed E-state index contributed by atoms with van der Waals surface area (Å²) in [6, 6.07) is -1.71. The first-order valence-corrected chi connectivity index (χ1v) is 9.53. The number of hydrogen-bond acceptors (Lipinski definition) is 5. The molecule has 0 fully saturated rings. The molecule has 0 radical (unpaired) electrons. The van der Waals surface area contributed by atoms with E-state index >= 15 is 0 Å². The fraction of sp³-hybridized carbons (Fsp3) is 0.571. The van der Waals surface area contributed by atoms with Gasteiger partial charge in [0.1, 0.15) is 17.7 Å². The Kier molecular flexibility index (Phi) is 8.92. The van der Waals surface area contributed by atoms with Gasteiger partial charge in [-0.2, -0.15) is 0 Å². The third-order valence-electron chi connectivity index (χ3n) is 3.86. The number of amides is 3. The van der Waals surface area contributed by atoms with Crippen LogP contribution in [-0.2, 0) is 14.3 Å². The zero-order chi connectivity index (χ0) is 22.2. The molecule has 29 heavy (non-hydrogen) atoms. The molecule has 0 spiro atoms. The number of aliphatic hydroxyl groups is 1. The van der Waals surface area contributed by atoms with Crippen molar-refractivity contribution in [2.45, 2.75) is 65.6 Å². The average Bonchev–Trinajstić information content (AvgIpc) is 2.82. The Balaban J connectivity index is 2.70. The van der Waals surface area contributed by atoms with E-state index in [1.807, 2.05) is 0 Å². The van der Waals surface area contributed by atoms with Crippen LogP contribution in [0.5, 0.6) is 0 Å². The number of allylic oxidation sites excluding steroid dienone is 3. The van der Waals surface area contributed by atoms with Crippen molar-refractivity contribution in [2.24, 2.45) is 5.92 Å². The Morgan fingerprint density at radius 2 is 1.79 bits per heavy atom. The Bertz CT molecular complexity index is 751. The van der Waals surface area contributed by atoms with Crippen molar-refractivity contribution in [1.82, 2.24) is 16.0 Å². The SMILES string of the molecule is CC(NC(=O)[C@@H](NC(=O)OC(C)(C)C)C(C)C)C(=O)NC1=CC=C(CO)CC#C1. The summed E-state index contributed by atoms with van der Waals surface area (Å²) in [6.45, 7) is 10.2. The fourth-order valence-electron chi connectivity index (χ4n) is 2.32. The normalized spacial score (nSPS) is 15.6. The van der Waals surface area contributed by atoms with Crippen LogP contribution in [-0.4, -0.2) is 47.3 Å². The summed E-state index contributed by atoms with van der Waals surface area (Å²) < 4.78 is 5.20. The summed E-state index contributed by atoms with van der Waals surface area (Å²) in [5.74, 6) is 4.50. The molecule has 0 aromatic carbocycles. The first-order chi connectivity index (χ1) is 13.4. The summed E-state index contributed by atoms with van der Waals surface area (Å²) in [5.41, 5.74) is 0.440. The van der Waals surface area contributed by atoms with Crippen LogP contribution in [0.2, 0.25) is 0 Å². The number of hydrogen-bond donors (Lipinski definition) is 4. The first-order valence-electron chi connectivity index (χ1n) is 9.53. The van der Waals surface area contributed by atoms with E-state index in [2.05, 4.69) is 27.8 Å². The topological polar surface area (TPSA) is 117 Å². The Labute approximate surface area is 172 Å². The lowest BCUT2D eigenvalue weighted by Gasteiger charge is -2.26. The monoisotopic (exact) mass is 405 g/mol. The van der Waals surface area contributed by atoms with E-state index in [9.17, 15) is 14.4 Å². The van der Waals surface area contributed by atoms with Gasteiger partial charge < -0.3 is 25.8 Å². The predicted octanol–water partition coefficient (Wildman–Crippen LogP) is 1.37. The molecule has 0 aromatic rings.